The van der Waals surface area contributed by atoms with Crippen molar-refractivity contribution in [2.45, 2.75) is 12.8 Å². The molecule has 3 nitrogen and oxygen atoms in total. The Balaban J connectivity index is 2.03. The van der Waals surface area contributed by atoms with Crippen LogP contribution in [0.15, 0.2) is 24.3 Å². The maximum absolute atomic E-state index is 5.55. The Bertz CT molecular complexity index is 314. The highest BCUT2D eigenvalue weighted by atomic mass is 15.1. The van der Waals surface area contributed by atoms with E-state index in [0.717, 1.165) is 6.54 Å². The molecule has 1 aliphatic heterocycles. The molecule has 0 atom stereocenters. The molecule has 1 saturated heterocycles. The molecular formula is C13H21N3. The zero-order valence-electron chi connectivity index (χ0n) is 10.0. The van der Waals surface area contributed by atoms with E-state index in [0.29, 0.717) is 6.54 Å². The lowest BCUT2D eigenvalue weighted by atomic mass is 10.2. The van der Waals surface area contributed by atoms with Crippen LogP contribution in [0.1, 0.15) is 12.8 Å². The van der Waals surface area contributed by atoms with Gasteiger partial charge in [-0.05, 0) is 37.1 Å². The minimum absolute atomic E-state index is 0.699. The SMILES string of the molecule is CN(CCN)c1ccc(N2CCCC2)cc1. The summed E-state index contributed by atoms with van der Waals surface area (Å²) in [6.07, 6.45) is 2.66. The molecule has 3 heteroatoms. The van der Waals surface area contributed by atoms with Crippen molar-refractivity contribution in [1.82, 2.24) is 0 Å². The number of hydrogen-bond donors (Lipinski definition) is 1. The number of hydrogen-bond acceptors (Lipinski definition) is 3. The summed E-state index contributed by atoms with van der Waals surface area (Å²) in [4.78, 5) is 4.64. The minimum atomic E-state index is 0.699. The summed E-state index contributed by atoms with van der Waals surface area (Å²) >= 11 is 0. The second-order valence-corrected chi connectivity index (χ2v) is 4.42. The zero-order valence-corrected chi connectivity index (χ0v) is 10.0. The molecule has 0 saturated carbocycles. The van der Waals surface area contributed by atoms with Crippen molar-refractivity contribution in [2.24, 2.45) is 5.73 Å². The Hall–Kier alpha value is -1.22. The number of likely N-dealkylation sites (N-methyl/N-ethyl adjacent to an activating group) is 1. The van der Waals surface area contributed by atoms with Crippen LogP contribution in [0.3, 0.4) is 0 Å². The van der Waals surface area contributed by atoms with Gasteiger partial charge in [0.05, 0.1) is 0 Å². The van der Waals surface area contributed by atoms with Crippen LogP contribution in [-0.2, 0) is 0 Å². The van der Waals surface area contributed by atoms with Crippen molar-refractivity contribution in [3.8, 4) is 0 Å². The fraction of sp³-hybridized carbons (Fsp3) is 0.538. The van der Waals surface area contributed by atoms with Gasteiger partial charge < -0.3 is 15.5 Å². The summed E-state index contributed by atoms with van der Waals surface area (Å²) < 4.78 is 0. The molecule has 2 N–H and O–H groups in total. The molecule has 2 rings (SSSR count). The fourth-order valence-corrected chi connectivity index (χ4v) is 2.22. The van der Waals surface area contributed by atoms with E-state index >= 15 is 0 Å². The summed E-state index contributed by atoms with van der Waals surface area (Å²) in [7, 11) is 2.08. The molecule has 88 valence electrons. The summed E-state index contributed by atoms with van der Waals surface area (Å²) in [6, 6.07) is 8.80. The molecule has 0 radical (unpaired) electrons. The van der Waals surface area contributed by atoms with Crippen molar-refractivity contribution >= 4 is 11.4 Å². The normalized spacial score (nSPS) is 15.5. The molecule has 1 aromatic rings. The smallest absolute Gasteiger partial charge is 0.0367 e. The number of rotatable bonds is 4. The van der Waals surface area contributed by atoms with Gasteiger partial charge in [0.2, 0.25) is 0 Å². The van der Waals surface area contributed by atoms with Crippen molar-refractivity contribution in [2.75, 3.05) is 43.0 Å². The lowest BCUT2D eigenvalue weighted by Gasteiger charge is -2.21. The molecule has 1 aromatic carbocycles. The van der Waals surface area contributed by atoms with Crippen LogP contribution in [0.25, 0.3) is 0 Å². The van der Waals surface area contributed by atoms with Gasteiger partial charge in [0.1, 0.15) is 0 Å². The quantitative estimate of drug-likeness (QED) is 0.836. The zero-order chi connectivity index (χ0) is 11.4. The van der Waals surface area contributed by atoms with Gasteiger partial charge in [0.25, 0.3) is 0 Å². The first-order valence-electron chi connectivity index (χ1n) is 6.07. The van der Waals surface area contributed by atoms with E-state index in [1.54, 1.807) is 0 Å². The molecule has 1 fully saturated rings. The second-order valence-electron chi connectivity index (χ2n) is 4.42. The van der Waals surface area contributed by atoms with Gasteiger partial charge in [0, 0.05) is 44.6 Å². The van der Waals surface area contributed by atoms with Gasteiger partial charge in [-0.1, -0.05) is 0 Å². The van der Waals surface area contributed by atoms with E-state index in [-0.39, 0.29) is 0 Å². The molecule has 0 unspecified atom stereocenters. The van der Waals surface area contributed by atoms with E-state index in [1.807, 2.05) is 0 Å². The molecule has 0 spiro atoms. The third-order valence-corrected chi connectivity index (χ3v) is 3.23. The van der Waals surface area contributed by atoms with Gasteiger partial charge in [0.15, 0.2) is 0 Å². The van der Waals surface area contributed by atoms with Crippen LogP contribution in [0.4, 0.5) is 11.4 Å². The average molecular weight is 219 g/mol. The second kappa shape index (κ2) is 5.21. The Morgan fingerprint density at radius 3 is 2.38 bits per heavy atom. The monoisotopic (exact) mass is 219 g/mol. The fourth-order valence-electron chi connectivity index (χ4n) is 2.22. The Kier molecular flexibility index (Phi) is 3.67. The maximum Gasteiger partial charge on any atom is 0.0367 e. The summed E-state index contributed by atoms with van der Waals surface area (Å²) in [5.41, 5.74) is 8.14. The minimum Gasteiger partial charge on any atom is -0.373 e. The van der Waals surface area contributed by atoms with E-state index < -0.39 is 0 Å². The van der Waals surface area contributed by atoms with Crippen LogP contribution < -0.4 is 15.5 Å². The number of nitrogens with zero attached hydrogens (tertiary/aromatic N) is 2. The first-order chi connectivity index (χ1) is 7.81. The third-order valence-electron chi connectivity index (χ3n) is 3.23. The van der Waals surface area contributed by atoms with Crippen LogP contribution in [0.2, 0.25) is 0 Å². The van der Waals surface area contributed by atoms with Crippen molar-refractivity contribution < 1.29 is 0 Å². The summed E-state index contributed by atoms with van der Waals surface area (Å²) in [5.74, 6) is 0. The van der Waals surface area contributed by atoms with Gasteiger partial charge >= 0.3 is 0 Å². The highest BCUT2D eigenvalue weighted by Crippen LogP contribution is 2.23. The standard InChI is InChI=1S/C13H21N3/c1-15(11-8-14)12-4-6-13(7-5-12)16-9-2-3-10-16/h4-7H,2-3,8-11,14H2,1H3. The van der Waals surface area contributed by atoms with Gasteiger partial charge in [-0.15, -0.1) is 0 Å². The Morgan fingerprint density at radius 2 is 1.81 bits per heavy atom. The lowest BCUT2D eigenvalue weighted by molar-refractivity contribution is 0.885. The molecule has 0 aromatic heterocycles. The van der Waals surface area contributed by atoms with Gasteiger partial charge in [-0.25, -0.2) is 0 Å². The summed E-state index contributed by atoms with van der Waals surface area (Å²) in [6.45, 7) is 4.02. The highest BCUT2D eigenvalue weighted by Gasteiger charge is 2.11. The molecule has 0 amide bonds. The van der Waals surface area contributed by atoms with E-state index in [4.69, 9.17) is 5.73 Å². The molecule has 1 aliphatic rings. The number of anilines is 2. The van der Waals surface area contributed by atoms with Gasteiger partial charge in [-0.3, -0.25) is 0 Å². The van der Waals surface area contributed by atoms with Crippen LogP contribution in [0.5, 0.6) is 0 Å². The van der Waals surface area contributed by atoms with Crippen molar-refractivity contribution in [3.05, 3.63) is 24.3 Å². The molecular weight excluding hydrogens is 198 g/mol. The average Bonchev–Trinajstić information content (AvgIpc) is 2.83. The highest BCUT2D eigenvalue weighted by molar-refractivity contribution is 5.56. The third kappa shape index (κ3) is 2.47. The first kappa shape index (κ1) is 11.3. The number of nitrogens with two attached hydrogens (primary N) is 1. The van der Waals surface area contributed by atoms with Gasteiger partial charge in [-0.2, -0.15) is 0 Å². The van der Waals surface area contributed by atoms with E-state index in [2.05, 4.69) is 41.1 Å². The molecule has 16 heavy (non-hydrogen) atoms. The molecule has 0 bridgehead atoms. The van der Waals surface area contributed by atoms with E-state index in [9.17, 15) is 0 Å². The largest absolute Gasteiger partial charge is 0.373 e. The van der Waals surface area contributed by atoms with Crippen molar-refractivity contribution in [3.63, 3.8) is 0 Å². The van der Waals surface area contributed by atoms with Crippen LogP contribution in [-0.4, -0.2) is 33.2 Å². The first-order valence-corrected chi connectivity index (χ1v) is 6.07. The number of benzene rings is 1. The van der Waals surface area contributed by atoms with Crippen LogP contribution >= 0.6 is 0 Å². The van der Waals surface area contributed by atoms with Crippen molar-refractivity contribution in [1.29, 1.82) is 0 Å². The molecule has 1 heterocycles. The lowest BCUT2D eigenvalue weighted by Crippen LogP contribution is -2.25. The van der Waals surface area contributed by atoms with Crippen LogP contribution in [0, 0.1) is 0 Å². The maximum atomic E-state index is 5.55. The predicted octanol–water partition coefficient (Wildman–Crippen LogP) is 1.68. The Labute approximate surface area is 97.8 Å². The Morgan fingerprint density at radius 1 is 1.19 bits per heavy atom. The topological polar surface area (TPSA) is 32.5 Å². The van der Waals surface area contributed by atoms with E-state index in [1.165, 1.54) is 37.3 Å². The summed E-state index contributed by atoms with van der Waals surface area (Å²) in [5, 5.41) is 0. The molecule has 0 aliphatic carbocycles. The predicted molar refractivity (Wildman–Crippen MR) is 70.2 cm³/mol.